The molecule has 0 amide bonds. The zero-order valence-corrected chi connectivity index (χ0v) is 22.3. The van der Waals surface area contributed by atoms with Crippen molar-refractivity contribution in [3.63, 3.8) is 0 Å². The van der Waals surface area contributed by atoms with E-state index in [4.69, 9.17) is 23.7 Å². The summed E-state index contributed by atoms with van der Waals surface area (Å²) >= 11 is 0. The van der Waals surface area contributed by atoms with E-state index in [9.17, 15) is 9.90 Å². The minimum absolute atomic E-state index is 0.0237. The molecule has 2 aliphatic heterocycles. The smallest absolute Gasteiger partial charge is 0.310 e. The summed E-state index contributed by atoms with van der Waals surface area (Å²) in [6, 6.07) is 13.6. The molecule has 9 nitrogen and oxygen atoms in total. The summed E-state index contributed by atoms with van der Waals surface area (Å²) in [5.41, 5.74) is 3.94. The standard InChI is InChI=1S/C30H32N2O7/c1-32(14-18-6-4-5-8-31-18)9-7-19-20-12-23-24(39-16-38-23)13-21(20)27(28-22(19)15-37-30(28)34)17-10-25(35-2)29(33)26(11-17)36-3/h4-6,8,10-13,19,22,27-28,33H,7,9,14-16H2,1-3H3/t19-,22?,27-,28+/m1/s1. The zero-order valence-electron chi connectivity index (χ0n) is 22.3. The monoisotopic (exact) mass is 532 g/mol. The van der Waals surface area contributed by atoms with Crippen molar-refractivity contribution in [3.05, 3.63) is 71.0 Å². The molecule has 9 heteroatoms. The van der Waals surface area contributed by atoms with Gasteiger partial charge in [-0.15, -0.1) is 0 Å². The van der Waals surface area contributed by atoms with E-state index >= 15 is 0 Å². The molecule has 3 aliphatic rings. The number of hydrogen-bond donors (Lipinski definition) is 1. The maximum Gasteiger partial charge on any atom is 0.310 e. The number of benzene rings is 2. The van der Waals surface area contributed by atoms with Crippen molar-refractivity contribution in [3.8, 4) is 28.7 Å². The van der Waals surface area contributed by atoms with Gasteiger partial charge in [0, 0.05) is 24.6 Å². The number of hydrogen-bond acceptors (Lipinski definition) is 9. The fourth-order valence-electron chi connectivity index (χ4n) is 6.35. The summed E-state index contributed by atoms with van der Waals surface area (Å²) in [5, 5.41) is 10.6. The van der Waals surface area contributed by atoms with Gasteiger partial charge in [-0.05, 0) is 79.0 Å². The summed E-state index contributed by atoms with van der Waals surface area (Å²) in [6.07, 6.45) is 2.64. The van der Waals surface area contributed by atoms with Gasteiger partial charge in [0.05, 0.1) is 32.4 Å². The second kappa shape index (κ2) is 10.3. The van der Waals surface area contributed by atoms with Crippen molar-refractivity contribution in [2.24, 2.45) is 11.8 Å². The molecule has 0 radical (unpaired) electrons. The summed E-state index contributed by atoms with van der Waals surface area (Å²) in [7, 11) is 5.08. The number of carbonyl (C=O) groups excluding carboxylic acids is 1. The summed E-state index contributed by atoms with van der Waals surface area (Å²) in [6.45, 7) is 2.07. The Morgan fingerprint density at radius 1 is 1.03 bits per heavy atom. The molecule has 1 aromatic heterocycles. The lowest BCUT2D eigenvalue weighted by atomic mass is 9.62. The van der Waals surface area contributed by atoms with E-state index in [0.717, 1.165) is 41.9 Å². The molecule has 1 fully saturated rings. The summed E-state index contributed by atoms with van der Waals surface area (Å²) in [5.74, 6) is 0.967. The average molecular weight is 533 g/mol. The van der Waals surface area contributed by atoms with Crippen molar-refractivity contribution in [1.29, 1.82) is 0 Å². The molecule has 1 N–H and O–H groups in total. The topological polar surface area (TPSA) is 99.6 Å². The Morgan fingerprint density at radius 3 is 2.41 bits per heavy atom. The third-order valence-electron chi connectivity index (χ3n) is 8.18. The first-order valence-electron chi connectivity index (χ1n) is 13.1. The average Bonchev–Trinajstić information content (AvgIpc) is 3.57. The van der Waals surface area contributed by atoms with Gasteiger partial charge in [-0.2, -0.15) is 0 Å². The molecular weight excluding hydrogens is 500 g/mol. The van der Waals surface area contributed by atoms with E-state index in [0.29, 0.717) is 18.1 Å². The third kappa shape index (κ3) is 4.50. The Balaban J connectivity index is 1.41. The highest BCUT2D eigenvalue weighted by atomic mass is 16.7. The van der Waals surface area contributed by atoms with Crippen LogP contribution in [0.15, 0.2) is 48.7 Å². The number of esters is 1. The molecule has 2 aromatic carbocycles. The van der Waals surface area contributed by atoms with Gasteiger partial charge in [-0.25, -0.2) is 0 Å². The van der Waals surface area contributed by atoms with E-state index in [1.807, 2.05) is 30.5 Å². The van der Waals surface area contributed by atoms with Gasteiger partial charge in [0.1, 0.15) is 0 Å². The molecule has 1 unspecified atom stereocenters. The number of methoxy groups -OCH3 is 2. The number of aromatic nitrogens is 1. The van der Waals surface area contributed by atoms with Crippen molar-refractivity contribution in [2.45, 2.75) is 24.8 Å². The summed E-state index contributed by atoms with van der Waals surface area (Å²) in [4.78, 5) is 20.0. The van der Waals surface area contributed by atoms with Crippen LogP contribution in [-0.2, 0) is 16.1 Å². The normalized spacial score (nSPS) is 22.8. The number of rotatable bonds is 8. The molecule has 3 aromatic rings. The van der Waals surface area contributed by atoms with Gasteiger partial charge in [-0.3, -0.25) is 9.78 Å². The maximum absolute atomic E-state index is 13.3. The van der Waals surface area contributed by atoms with Crippen LogP contribution in [-0.4, -0.2) is 62.2 Å². The third-order valence-corrected chi connectivity index (χ3v) is 8.18. The van der Waals surface area contributed by atoms with Crippen LogP contribution >= 0.6 is 0 Å². The lowest BCUT2D eigenvalue weighted by Crippen LogP contribution is -2.36. The van der Waals surface area contributed by atoms with E-state index in [2.05, 4.69) is 23.0 Å². The van der Waals surface area contributed by atoms with Gasteiger partial charge < -0.3 is 33.7 Å². The fraction of sp³-hybridized carbons (Fsp3) is 0.400. The quantitative estimate of drug-likeness (QED) is 0.430. The number of carbonyl (C=O) groups is 1. The highest BCUT2D eigenvalue weighted by Gasteiger charge is 2.52. The molecule has 204 valence electrons. The molecule has 1 aliphatic carbocycles. The lowest BCUT2D eigenvalue weighted by molar-refractivity contribution is -0.141. The van der Waals surface area contributed by atoms with Crippen molar-refractivity contribution < 1.29 is 33.6 Å². The predicted octanol–water partition coefficient (Wildman–Crippen LogP) is 4.07. The summed E-state index contributed by atoms with van der Waals surface area (Å²) < 4.78 is 28.1. The van der Waals surface area contributed by atoms with Crippen LogP contribution in [0.25, 0.3) is 0 Å². The molecule has 3 heterocycles. The van der Waals surface area contributed by atoms with Crippen molar-refractivity contribution in [1.82, 2.24) is 9.88 Å². The van der Waals surface area contributed by atoms with E-state index in [-0.39, 0.29) is 47.8 Å². The van der Waals surface area contributed by atoms with Crippen LogP contribution < -0.4 is 18.9 Å². The Kier molecular flexibility index (Phi) is 6.68. The van der Waals surface area contributed by atoms with E-state index in [1.165, 1.54) is 14.2 Å². The molecule has 1 saturated heterocycles. The Labute approximate surface area is 227 Å². The molecule has 0 bridgehead atoms. The number of pyridine rings is 1. The van der Waals surface area contributed by atoms with E-state index < -0.39 is 5.92 Å². The highest BCUT2D eigenvalue weighted by Crippen LogP contribution is 2.56. The first-order chi connectivity index (χ1) is 19.0. The molecule has 4 atom stereocenters. The number of phenols is 1. The molecule has 6 rings (SSSR count). The van der Waals surface area contributed by atoms with Gasteiger partial charge in [0.15, 0.2) is 23.0 Å². The van der Waals surface area contributed by atoms with Crippen LogP contribution in [0.5, 0.6) is 28.7 Å². The second-order valence-electron chi connectivity index (χ2n) is 10.4. The first-order valence-corrected chi connectivity index (χ1v) is 13.1. The number of phenolic OH excluding ortho intramolecular Hbond substituents is 1. The van der Waals surface area contributed by atoms with E-state index in [1.54, 1.807) is 12.1 Å². The molecule has 0 spiro atoms. The minimum Gasteiger partial charge on any atom is -0.502 e. The minimum atomic E-state index is -0.400. The zero-order chi connectivity index (χ0) is 27.1. The molecule has 39 heavy (non-hydrogen) atoms. The first kappa shape index (κ1) is 25.3. The number of aromatic hydroxyl groups is 1. The van der Waals surface area contributed by atoms with Crippen LogP contribution in [0.3, 0.4) is 0 Å². The van der Waals surface area contributed by atoms with Gasteiger partial charge in [0.2, 0.25) is 12.5 Å². The maximum atomic E-state index is 13.3. The van der Waals surface area contributed by atoms with Gasteiger partial charge in [-0.1, -0.05) is 6.07 Å². The molecular formula is C30H32N2O7. The SMILES string of the molecule is COc1cc([C@@H]2c3cc4c(cc3[C@@H](CCN(C)Cc3ccccn3)C3COC(=O)[C@@H]32)OCO4)cc(OC)c1O. The van der Waals surface area contributed by atoms with Gasteiger partial charge >= 0.3 is 5.97 Å². The Bertz CT molecular complexity index is 1350. The van der Waals surface area contributed by atoms with Crippen LogP contribution in [0.1, 0.15) is 40.6 Å². The van der Waals surface area contributed by atoms with Crippen molar-refractivity contribution >= 4 is 5.97 Å². The Hall–Kier alpha value is -3.98. The van der Waals surface area contributed by atoms with Crippen molar-refractivity contribution in [2.75, 3.05) is 41.2 Å². The van der Waals surface area contributed by atoms with Crippen LogP contribution in [0.4, 0.5) is 0 Å². The fourth-order valence-corrected chi connectivity index (χ4v) is 6.35. The number of cyclic esters (lactones) is 1. The second-order valence-corrected chi connectivity index (χ2v) is 10.4. The van der Waals surface area contributed by atoms with Gasteiger partial charge in [0.25, 0.3) is 0 Å². The van der Waals surface area contributed by atoms with Crippen LogP contribution in [0, 0.1) is 11.8 Å². The van der Waals surface area contributed by atoms with Crippen LogP contribution in [0.2, 0.25) is 0 Å². The largest absolute Gasteiger partial charge is 0.502 e. The number of fused-ring (bicyclic) bond motifs is 3. The predicted molar refractivity (Wildman–Crippen MR) is 141 cm³/mol. The number of nitrogens with zero attached hydrogens (tertiary/aromatic N) is 2. The lowest BCUT2D eigenvalue weighted by Gasteiger charge is -2.40. The Morgan fingerprint density at radius 2 is 1.74 bits per heavy atom. The highest BCUT2D eigenvalue weighted by molar-refractivity contribution is 5.79. The number of ether oxygens (including phenoxy) is 5. The molecule has 0 saturated carbocycles.